The molecule has 0 saturated heterocycles. The molecule has 0 fully saturated rings. The van der Waals surface area contributed by atoms with Crippen LogP contribution >= 0.6 is 0 Å². The van der Waals surface area contributed by atoms with Gasteiger partial charge in [0.25, 0.3) is 0 Å². The van der Waals surface area contributed by atoms with Crippen molar-refractivity contribution in [3.63, 3.8) is 0 Å². The Labute approximate surface area is 106 Å². The van der Waals surface area contributed by atoms with E-state index in [9.17, 15) is 4.39 Å². The number of hydrogen-bond acceptors (Lipinski definition) is 3. The van der Waals surface area contributed by atoms with Crippen molar-refractivity contribution in [2.45, 2.75) is 32.6 Å². The van der Waals surface area contributed by atoms with E-state index in [0.717, 1.165) is 24.8 Å². The minimum atomic E-state index is -0.232. The van der Waals surface area contributed by atoms with E-state index in [1.807, 2.05) is 18.2 Å². The maximum atomic E-state index is 12.0. The summed E-state index contributed by atoms with van der Waals surface area (Å²) in [5.41, 5.74) is 2.17. The standard InChI is InChI=1S/C14H17FN2O/c1-11-16-17-14(18-11)13-9-5-4-8-12(13)7-3-2-6-10-15/h4-5,8-9H,2-3,6-7,10H2,1H3. The predicted octanol–water partition coefficient (Wildman–Crippen LogP) is 3.73. The molecule has 0 radical (unpaired) electrons. The maximum Gasteiger partial charge on any atom is 0.247 e. The van der Waals surface area contributed by atoms with Crippen LogP contribution in [0.2, 0.25) is 0 Å². The van der Waals surface area contributed by atoms with Crippen molar-refractivity contribution in [3.8, 4) is 11.5 Å². The molecule has 96 valence electrons. The highest BCUT2D eigenvalue weighted by Gasteiger charge is 2.10. The summed E-state index contributed by atoms with van der Waals surface area (Å²) in [5, 5.41) is 7.89. The van der Waals surface area contributed by atoms with Gasteiger partial charge in [-0.15, -0.1) is 10.2 Å². The third-order valence-electron chi connectivity index (χ3n) is 2.85. The van der Waals surface area contributed by atoms with Crippen molar-refractivity contribution in [1.29, 1.82) is 0 Å². The minimum absolute atomic E-state index is 0.232. The van der Waals surface area contributed by atoms with E-state index >= 15 is 0 Å². The fourth-order valence-corrected chi connectivity index (χ4v) is 1.94. The van der Waals surface area contributed by atoms with Crippen LogP contribution in [-0.2, 0) is 6.42 Å². The molecule has 0 atom stereocenters. The van der Waals surface area contributed by atoms with Crippen LogP contribution in [0.15, 0.2) is 28.7 Å². The molecule has 0 saturated carbocycles. The third-order valence-corrected chi connectivity index (χ3v) is 2.85. The number of hydrogen-bond donors (Lipinski definition) is 0. The van der Waals surface area contributed by atoms with Gasteiger partial charge in [0.1, 0.15) is 0 Å². The van der Waals surface area contributed by atoms with E-state index < -0.39 is 0 Å². The number of rotatable bonds is 6. The zero-order chi connectivity index (χ0) is 12.8. The Hall–Kier alpha value is -1.71. The number of aryl methyl sites for hydroxylation is 2. The topological polar surface area (TPSA) is 38.9 Å². The average Bonchev–Trinajstić information content (AvgIpc) is 2.82. The molecule has 1 heterocycles. The lowest BCUT2D eigenvalue weighted by molar-refractivity contribution is 0.456. The minimum Gasteiger partial charge on any atom is -0.421 e. The molecule has 2 aromatic rings. The molecule has 0 aliphatic carbocycles. The van der Waals surface area contributed by atoms with Gasteiger partial charge in [-0.05, 0) is 30.9 Å². The van der Waals surface area contributed by atoms with Crippen molar-refractivity contribution in [2.24, 2.45) is 0 Å². The van der Waals surface area contributed by atoms with Gasteiger partial charge < -0.3 is 4.42 Å². The summed E-state index contributed by atoms with van der Waals surface area (Å²) in [7, 11) is 0. The average molecular weight is 248 g/mol. The Morgan fingerprint density at radius 3 is 2.67 bits per heavy atom. The van der Waals surface area contributed by atoms with Gasteiger partial charge in [-0.3, -0.25) is 4.39 Å². The van der Waals surface area contributed by atoms with Crippen molar-refractivity contribution >= 4 is 0 Å². The number of alkyl halides is 1. The highest BCUT2D eigenvalue weighted by atomic mass is 19.1. The van der Waals surface area contributed by atoms with Crippen LogP contribution in [0.1, 0.15) is 30.7 Å². The van der Waals surface area contributed by atoms with Crippen molar-refractivity contribution in [1.82, 2.24) is 10.2 Å². The van der Waals surface area contributed by atoms with Gasteiger partial charge in [0.15, 0.2) is 0 Å². The van der Waals surface area contributed by atoms with Crippen molar-refractivity contribution < 1.29 is 8.81 Å². The first-order valence-electron chi connectivity index (χ1n) is 6.25. The van der Waals surface area contributed by atoms with E-state index in [4.69, 9.17) is 4.42 Å². The molecule has 0 aliphatic rings. The monoisotopic (exact) mass is 248 g/mol. The molecule has 0 amide bonds. The van der Waals surface area contributed by atoms with Gasteiger partial charge >= 0.3 is 0 Å². The lowest BCUT2D eigenvalue weighted by Crippen LogP contribution is -1.91. The Bertz CT molecular complexity index is 496. The quantitative estimate of drug-likeness (QED) is 0.731. The van der Waals surface area contributed by atoms with Crippen LogP contribution < -0.4 is 0 Å². The summed E-state index contributed by atoms with van der Waals surface area (Å²) in [5.74, 6) is 1.13. The van der Waals surface area contributed by atoms with Crippen LogP contribution in [0, 0.1) is 6.92 Å². The third kappa shape index (κ3) is 3.15. The number of unbranched alkanes of at least 4 members (excludes halogenated alkanes) is 2. The normalized spacial score (nSPS) is 10.8. The first kappa shape index (κ1) is 12.7. The molecule has 0 bridgehead atoms. The Kier molecular flexibility index (Phi) is 4.45. The number of halogens is 1. The molecule has 0 spiro atoms. The molecule has 1 aromatic heterocycles. The molecule has 4 heteroatoms. The number of aromatic nitrogens is 2. The SMILES string of the molecule is Cc1nnc(-c2ccccc2CCCCCF)o1. The summed E-state index contributed by atoms with van der Waals surface area (Å²) in [6, 6.07) is 8.00. The van der Waals surface area contributed by atoms with Gasteiger partial charge in [0.2, 0.25) is 11.8 Å². The van der Waals surface area contributed by atoms with Gasteiger partial charge in [-0.1, -0.05) is 24.6 Å². The zero-order valence-corrected chi connectivity index (χ0v) is 10.5. The van der Waals surface area contributed by atoms with Gasteiger partial charge in [0, 0.05) is 12.5 Å². The second-order valence-corrected chi connectivity index (χ2v) is 4.28. The highest BCUT2D eigenvalue weighted by molar-refractivity contribution is 5.58. The smallest absolute Gasteiger partial charge is 0.247 e. The van der Waals surface area contributed by atoms with Crippen LogP contribution in [-0.4, -0.2) is 16.9 Å². The van der Waals surface area contributed by atoms with Gasteiger partial charge in [0.05, 0.1) is 6.67 Å². The molecule has 2 rings (SSSR count). The number of benzene rings is 1. The molecular weight excluding hydrogens is 231 g/mol. The highest BCUT2D eigenvalue weighted by Crippen LogP contribution is 2.23. The molecule has 0 unspecified atom stereocenters. The summed E-state index contributed by atoms with van der Waals surface area (Å²) < 4.78 is 17.5. The Morgan fingerprint density at radius 2 is 1.94 bits per heavy atom. The fourth-order valence-electron chi connectivity index (χ4n) is 1.94. The summed E-state index contributed by atoms with van der Waals surface area (Å²) in [4.78, 5) is 0. The van der Waals surface area contributed by atoms with Crippen molar-refractivity contribution in [2.75, 3.05) is 6.67 Å². The van der Waals surface area contributed by atoms with Crippen molar-refractivity contribution in [3.05, 3.63) is 35.7 Å². The van der Waals surface area contributed by atoms with Crippen LogP contribution in [0.4, 0.5) is 4.39 Å². The lowest BCUT2D eigenvalue weighted by Gasteiger charge is -2.05. The molecule has 3 nitrogen and oxygen atoms in total. The molecule has 0 N–H and O–H groups in total. The van der Waals surface area contributed by atoms with E-state index in [2.05, 4.69) is 16.3 Å². The van der Waals surface area contributed by atoms with E-state index in [0.29, 0.717) is 18.2 Å². The fraction of sp³-hybridized carbons (Fsp3) is 0.429. The van der Waals surface area contributed by atoms with Crippen LogP contribution in [0.3, 0.4) is 0 Å². The van der Waals surface area contributed by atoms with E-state index in [1.165, 1.54) is 5.56 Å². The maximum absolute atomic E-state index is 12.0. The molecular formula is C14H17FN2O. The first-order valence-corrected chi connectivity index (χ1v) is 6.25. The molecule has 18 heavy (non-hydrogen) atoms. The predicted molar refractivity (Wildman–Crippen MR) is 68.0 cm³/mol. The molecule has 0 aliphatic heterocycles. The largest absolute Gasteiger partial charge is 0.421 e. The zero-order valence-electron chi connectivity index (χ0n) is 10.5. The van der Waals surface area contributed by atoms with Gasteiger partial charge in [-0.2, -0.15) is 0 Å². The Morgan fingerprint density at radius 1 is 1.11 bits per heavy atom. The molecule has 1 aromatic carbocycles. The number of nitrogens with zero attached hydrogens (tertiary/aromatic N) is 2. The second kappa shape index (κ2) is 6.28. The summed E-state index contributed by atoms with van der Waals surface area (Å²) in [6.07, 6.45) is 3.45. The van der Waals surface area contributed by atoms with E-state index in [1.54, 1.807) is 6.92 Å². The summed E-state index contributed by atoms with van der Waals surface area (Å²) in [6.45, 7) is 1.55. The summed E-state index contributed by atoms with van der Waals surface area (Å²) >= 11 is 0. The Balaban J connectivity index is 2.10. The first-order chi connectivity index (χ1) is 8.81. The second-order valence-electron chi connectivity index (χ2n) is 4.28. The van der Waals surface area contributed by atoms with Crippen LogP contribution in [0.5, 0.6) is 0 Å². The van der Waals surface area contributed by atoms with E-state index in [-0.39, 0.29) is 6.67 Å². The lowest BCUT2D eigenvalue weighted by atomic mass is 10.0. The van der Waals surface area contributed by atoms with Crippen LogP contribution in [0.25, 0.3) is 11.5 Å². The van der Waals surface area contributed by atoms with Gasteiger partial charge in [-0.25, -0.2) is 0 Å².